The molecule has 0 fully saturated rings. The van der Waals surface area contributed by atoms with E-state index in [1.54, 1.807) is 0 Å². The molecule has 0 atom stereocenters. The van der Waals surface area contributed by atoms with Crippen LogP contribution in [-0.4, -0.2) is 27.4 Å². The molecule has 6 nitrogen and oxygen atoms in total. The van der Waals surface area contributed by atoms with E-state index in [0.717, 1.165) is 34.1 Å². The number of nitrogens with zero attached hydrogens (tertiary/aromatic N) is 6. The Labute approximate surface area is 868 Å². The molecule has 30 rings (SSSR count). The normalized spacial score (nSPS) is 11.6. The molecule has 0 aliphatic heterocycles. The van der Waals surface area contributed by atoms with Crippen LogP contribution < -0.4 is 0 Å². The van der Waals surface area contributed by atoms with Crippen molar-refractivity contribution in [3.8, 4) is 134 Å². The molecule has 0 amide bonds. The highest BCUT2D eigenvalue weighted by Gasteiger charge is 2.27. The topological polar surface area (TPSA) is 29.6 Å². The molecule has 702 valence electrons. The SMILES string of the molecule is c1ccc(-c2ccc(-c3cccc(-n4c5ccccc5c5ccc6c(c7ccccc7n6-c6cccc(-c7ccccc7)c6)c54)c3)cc2)cc1.c1ccc(-c2cccc(-c3cccc(-n4c5ccccc5c5ccc6c(c7ccccc7n6-c6cccc(-c7ccccc7)c6)c54)c3)c2)cc1.c1ccc(-c2cccc(-n3c4ccccc4c4c3ccc3c5ccccc5n(-c5ccc(-c6ccccc6-c6ccccc6)cc5)c34)c2)cc1. The van der Waals surface area contributed by atoms with E-state index in [4.69, 9.17) is 0 Å². The monoisotopic (exact) mass is 1910 g/mol. The average Bonchev–Trinajstić information content (AvgIpc) is 1.55. The Balaban J connectivity index is 0.000000108. The van der Waals surface area contributed by atoms with Crippen molar-refractivity contribution < 1.29 is 0 Å². The fourth-order valence-electron chi connectivity index (χ4n) is 23.6. The molecule has 0 aliphatic rings. The summed E-state index contributed by atoms with van der Waals surface area (Å²) >= 11 is 0. The van der Waals surface area contributed by atoms with Gasteiger partial charge in [-0.2, -0.15) is 0 Å². The van der Waals surface area contributed by atoms with E-state index in [9.17, 15) is 0 Å². The third-order valence-corrected chi connectivity index (χ3v) is 30.3. The first-order chi connectivity index (χ1) is 74.5. The number of aromatic nitrogens is 6. The van der Waals surface area contributed by atoms with Crippen LogP contribution in [0.3, 0.4) is 0 Å². The van der Waals surface area contributed by atoms with E-state index in [-0.39, 0.29) is 0 Å². The van der Waals surface area contributed by atoms with Crippen LogP contribution in [0.5, 0.6) is 0 Å². The predicted octanol–water partition coefficient (Wildman–Crippen LogP) is 38.6. The maximum absolute atomic E-state index is 2.48. The van der Waals surface area contributed by atoms with Crippen LogP contribution in [0.1, 0.15) is 0 Å². The average molecular weight is 1910 g/mol. The Kier molecular flexibility index (Phi) is 21.9. The number of benzene rings is 24. The third kappa shape index (κ3) is 15.3. The lowest BCUT2D eigenvalue weighted by Gasteiger charge is -2.13. The minimum Gasteiger partial charge on any atom is -0.309 e. The standard InChI is InChI=1S/3C48H32N2/c1-3-14-33(15-4-1)35-18-11-19-36(30-35)38-21-13-23-40(32-38)50-44-26-9-7-24-41(44)42-28-29-46-47(48(42)50)43-25-8-10-27-45(43)49(46)39-22-12-20-37(31-39)34-16-5-2-6-17-34;1-3-13-33(14-4-1)35-25-27-36(28-26-35)38-18-12-20-40(32-38)50-44-23-9-7-21-41(44)42-29-30-46-47(48(42)50)43-22-8-10-24-45(43)49(46)39-19-11-17-37(31-39)34-15-5-2-6-16-34;1-3-14-33(15-4-1)36-18-13-19-38(32-36)49-45-25-12-10-23-43(45)47-46(49)31-30-42-41-22-9-11-24-44(41)50(48(42)47)37-28-26-35(27-29-37)40-21-8-7-20-39(40)34-16-5-2-6-17-34/h3*1-32H. The van der Waals surface area contributed by atoms with Crippen LogP contribution in [0, 0.1) is 0 Å². The number of rotatable bonds is 15. The van der Waals surface area contributed by atoms with Crippen molar-refractivity contribution in [1.29, 1.82) is 0 Å². The summed E-state index contributed by atoms with van der Waals surface area (Å²) in [5, 5.41) is 15.1. The van der Waals surface area contributed by atoms with Crippen molar-refractivity contribution in [1.82, 2.24) is 27.4 Å². The second kappa shape index (κ2) is 37.4. The van der Waals surface area contributed by atoms with E-state index >= 15 is 0 Å². The van der Waals surface area contributed by atoms with E-state index in [1.165, 1.54) is 231 Å². The lowest BCUT2D eigenvalue weighted by Crippen LogP contribution is -1.96. The van der Waals surface area contributed by atoms with E-state index < -0.39 is 0 Å². The van der Waals surface area contributed by atoms with Gasteiger partial charge < -0.3 is 27.4 Å². The number of hydrogen-bond acceptors (Lipinski definition) is 0. The Morgan fingerprint density at radius 1 is 0.0933 bits per heavy atom. The lowest BCUT2D eigenvalue weighted by atomic mass is 9.94. The molecule has 0 N–H and O–H groups in total. The van der Waals surface area contributed by atoms with E-state index in [0.29, 0.717) is 0 Å². The third-order valence-electron chi connectivity index (χ3n) is 30.3. The van der Waals surface area contributed by atoms with Crippen molar-refractivity contribution >= 4 is 131 Å². The van der Waals surface area contributed by atoms with Gasteiger partial charge in [0.2, 0.25) is 0 Å². The summed E-state index contributed by atoms with van der Waals surface area (Å²) in [7, 11) is 0. The van der Waals surface area contributed by atoms with Crippen molar-refractivity contribution in [2.45, 2.75) is 0 Å². The largest absolute Gasteiger partial charge is 0.309 e. The van der Waals surface area contributed by atoms with Crippen LogP contribution in [0.15, 0.2) is 582 Å². The summed E-state index contributed by atoms with van der Waals surface area (Å²) < 4.78 is 14.7. The minimum absolute atomic E-state index is 1.15. The van der Waals surface area contributed by atoms with Crippen LogP contribution in [0.25, 0.3) is 265 Å². The van der Waals surface area contributed by atoms with Crippen LogP contribution in [0.4, 0.5) is 0 Å². The van der Waals surface area contributed by atoms with Gasteiger partial charge in [-0.15, -0.1) is 0 Å². The Hall–Kier alpha value is -19.9. The molecule has 6 aromatic heterocycles. The maximum atomic E-state index is 2.48. The molecular formula is C144H96N6. The minimum atomic E-state index is 1.15. The van der Waals surface area contributed by atoms with Gasteiger partial charge in [-0.25, -0.2) is 0 Å². The second-order valence-corrected chi connectivity index (χ2v) is 38.9. The molecule has 0 saturated carbocycles. The van der Waals surface area contributed by atoms with Gasteiger partial charge >= 0.3 is 0 Å². The molecule has 24 aromatic carbocycles. The zero-order valence-corrected chi connectivity index (χ0v) is 82.1. The quantitative estimate of drug-likeness (QED) is 0.0979. The molecule has 150 heavy (non-hydrogen) atoms. The van der Waals surface area contributed by atoms with Gasteiger partial charge in [-0.1, -0.05) is 449 Å². The van der Waals surface area contributed by atoms with Gasteiger partial charge in [0.25, 0.3) is 0 Å². The first kappa shape index (κ1) is 87.8. The van der Waals surface area contributed by atoms with Crippen molar-refractivity contribution in [2.75, 3.05) is 0 Å². The Morgan fingerprint density at radius 3 is 0.600 bits per heavy atom. The first-order valence-electron chi connectivity index (χ1n) is 51.6. The van der Waals surface area contributed by atoms with Gasteiger partial charge in [0.05, 0.1) is 66.2 Å². The maximum Gasteiger partial charge on any atom is 0.0641 e. The molecule has 0 saturated heterocycles. The molecular weight excluding hydrogens is 1810 g/mol. The van der Waals surface area contributed by atoms with Crippen molar-refractivity contribution in [3.05, 3.63) is 582 Å². The first-order valence-corrected chi connectivity index (χ1v) is 51.6. The summed E-state index contributed by atoms with van der Waals surface area (Å²) in [6, 6.07) is 211. The fourth-order valence-corrected chi connectivity index (χ4v) is 23.6. The summed E-state index contributed by atoms with van der Waals surface area (Å²) in [5.74, 6) is 0. The highest BCUT2D eigenvalue weighted by Crippen LogP contribution is 2.49. The molecule has 0 bridgehead atoms. The van der Waals surface area contributed by atoms with Gasteiger partial charge in [0.15, 0.2) is 0 Å². The Bertz CT molecular complexity index is 10400. The molecule has 0 aliphatic carbocycles. The summed E-state index contributed by atoms with van der Waals surface area (Å²) in [4.78, 5) is 0. The lowest BCUT2D eigenvalue weighted by molar-refractivity contribution is 1.17. The molecule has 0 radical (unpaired) electrons. The van der Waals surface area contributed by atoms with E-state index in [1.807, 2.05) is 0 Å². The van der Waals surface area contributed by atoms with E-state index in [2.05, 4.69) is 610 Å². The van der Waals surface area contributed by atoms with Crippen molar-refractivity contribution in [2.24, 2.45) is 0 Å². The van der Waals surface area contributed by atoms with Crippen molar-refractivity contribution in [3.63, 3.8) is 0 Å². The highest BCUT2D eigenvalue weighted by molar-refractivity contribution is 6.29. The number of para-hydroxylation sites is 6. The second-order valence-electron chi connectivity index (χ2n) is 38.9. The fraction of sp³-hybridized carbons (Fsp3) is 0. The van der Waals surface area contributed by atoms with Gasteiger partial charge in [0, 0.05) is 98.8 Å². The van der Waals surface area contributed by atoms with Gasteiger partial charge in [-0.3, -0.25) is 0 Å². The summed E-state index contributed by atoms with van der Waals surface area (Å²) in [6.45, 7) is 0. The van der Waals surface area contributed by atoms with Gasteiger partial charge in [0.1, 0.15) is 0 Å². The smallest absolute Gasteiger partial charge is 0.0641 e. The molecule has 6 heterocycles. The zero-order chi connectivity index (χ0) is 99.1. The Morgan fingerprint density at radius 2 is 0.287 bits per heavy atom. The molecule has 0 spiro atoms. The highest BCUT2D eigenvalue weighted by atomic mass is 15.0. The molecule has 6 heteroatoms. The summed E-state index contributed by atoms with van der Waals surface area (Å²) in [5.41, 5.74) is 43.2. The van der Waals surface area contributed by atoms with Crippen LogP contribution in [-0.2, 0) is 0 Å². The van der Waals surface area contributed by atoms with Crippen LogP contribution in [0.2, 0.25) is 0 Å². The molecule has 0 unspecified atom stereocenters. The zero-order valence-electron chi connectivity index (χ0n) is 82.1. The van der Waals surface area contributed by atoms with Crippen LogP contribution >= 0.6 is 0 Å². The number of fused-ring (bicyclic) bond motifs is 21. The molecule has 30 aromatic rings. The number of hydrogen-bond donors (Lipinski definition) is 0. The van der Waals surface area contributed by atoms with Gasteiger partial charge in [-0.05, 0) is 234 Å². The predicted molar refractivity (Wildman–Crippen MR) is 634 cm³/mol. The summed E-state index contributed by atoms with van der Waals surface area (Å²) in [6.07, 6.45) is 0.